The Morgan fingerprint density at radius 2 is 1.09 bits per heavy atom. The van der Waals surface area contributed by atoms with Crippen molar-refractivity contribution in [1.82, 2.24) is 0 Å². The topological polar surface area (TPSA) is 0 Å². The van der Waals surface area contributed by atoms with Gasteiger partial charge in [0.05, 0.1) is 0 Å². The molecule has 0 rings (SSSR count). The zero-order valence-corrected chi connectivity index (χ0v) is 18.0. The summed E-state index contributed by atoms with van der Waals surface area (Å²) in [5, 5.41) is 0. The van der Waals surface area contributed by atoms with Crippen molar-refractivity contribution in [3.63, 3.8) is 0 Å². The molecule has 1 unspecified atom stereocenters. The standard InChI is InChI=1S/C22H46Si/c1-4-6-7-8-9-10-11-12-13-14-15-16-17-18-19-21-22(23-3)20-5-2/h5,22H,2,4,6-21,23H2,1,3H3. The predicted octanol–water partition coefficient (Wildman–Crippen LogP) is 7.83. The lowest BCUT2D eigenvalue weighted by molar-refractivity contribution is 0.527. The first-order chi connectivity index (χ1) is 11.3. The Balaban J connectivity index is 3.09. The zero-order chi connectivity index (χ0) is 17.0. The summed E-state index contributed by atoms with van der Waals surface area (Å²) in [6, 6.07) is 0. The van der Waals surface area contributed by atoms with E-state index in [1.165, 1.54) is 109 Å². The van der Waals surface area contributed by atoms with Crippen molar-refractivity contribution in [2.75, 3.05) is 0 Å². The van der Waals surface area contributed by atoms with Crippen LogP contribution in [-0.4, -0.2) is 9.52 Å². The van der Waals surface area contributed by atoms with Crippen LogP contribution in [0.1, 0.15) is 116 Å². The SMILES string of the molecule is C=CCC(CCCCCCCCCCCCCCCCC)[SiH2]C. The lowest BCUT2D eigenvalue weighted by Crippen LogP contribution is -1.98. The Bertz CT molecular complexity index is 224. The fraction of sp³-hybridized carbons (Fsp3) is 0.909. The van der Waals surface area contributed by atoms with Crippen LogP contribution in [0.25, 0.3) is 0 Å². The van der Waals surface area contributed by atoms with E-state index in [0.29, 0.717) is 0 Å². The first kappa shape index (κ1) is 23.0. The van der Waals surface area contributed by atoms with Gasteiger partial charge in [0.2, 0.25) is 0 Å². The molecule has 0 amide bonds. The summed E-state index contributed by atoms with van der Waals surface area (Å²) in [6.07, 6.45) is 26.9. The van der Waals surface area contributed by atoms with Crippen LogP contribution in [0.3, 0.4) is 0 Å². The first-order valence-electron chi connectivity index (χ1n) is 11.0. The van der Waals surface area contributed by atoms with Crippen LogP contribution in [0.15, 0.2) is 12.7 Å². The van der Waals surface area contributed by atoms with E-state index < -0.39 is 0 Å². The van der Waals surface area contributed by atoms with Crippen LogP contribution < -0.4 is 0 Å². The Labute approximate surface area is 150 Å². The maximum Gasteiger partial charge on any atom is 0.0205 e. The number of allylic oxidation sites excluding steroid dienone is 1. The van der Waals surface area contributed by atoms with Crippen LogP contribution in [0.5, 0.6) is 0 Å². The molecule has 0 aromatic heterocycles. The summed E-state index contributed by atoms with van der Waals surface area (Å²) in [6.45, 7) is 8.65. The van der Waals surface area contributed by atoms with Gasteiger partial charge >= 0.3 is 0 Å². The minimum absolute atomic E-state index is 0.181. The van der Waals surface area contributed by atoms with E-state index in [9.17, 15) is 0 Å². The molecule has 0 aliphatic carbocycles. The molecule has 0 saturated heterocycles. The molecule has 0 fully saturated rings. The second-order valence-corrected chi connectivity index (χ2v) is 9.51. The van der Waals surface area contributed by atoms with Gasteiger partial charge in [0, 0.05) is 9.52 Å². The normalized spacial score (nSPS) is 13.0. The monoisotopic (exact) mass is 338 g/mol. The number of hydrogen-bond donors (Lipinski definition) is 0. The number of rotatable bonds is 19. The van der Waals surface area contributed by atoms with Gasteiger partial charge in [-0.25, -0.2) is 0 Å². The second kappa shape index (κ2) is 20.0. The third-order valence-corrected chi connectivity index (χ3v) is 7.19. The smallest absolute Gasteiger partial charge is 0.0205 e. The average molecular weight is 339 g/mol. The molecule has 0 saturated carbocycles. The lowest BCUT2D eigenvalue weighted by atomic mass is 10.0. The third kappa shape index (κ3) is 18.1. The van der Waals surface area contributed by atoms with E-state index >= 15 is 0 Å². The average Bonchev–Trinajstić information content (AvgIpc) is 2.57. The summed E-state index contributed by atoms with van der Waals surface area (Å²) in [5.41, 5.74) is 1.04. The van der Waals surface area contributed by atoms with Gasteiger partial charge in [0.15, 0.2) is 0 Å². The predicted molar refractivity (Wildman–Crippen MR) is 113 cm³/mol. The summed E-state index contributed by atoms with van der Waals surface area (Å²) in [7, 11) is 0.181. The second-order valence-electron chi connectivity index (χ2n) is 7.54. The van der Waals surface area contributed by atoms with Crippen LogP contribution >= 0.6 is 0 Å². The quantitative estimate of drug-likeness (QED) is 0.128. The van der Waals surface area contributed by atoms with E-state index in [1.54, 1.807) is 0 Å². The molecular formula is C22H46Si. The van der Waals surface area contributed by atoms with Gasteiger partial charge in [0.1, 0.15) is 0 Å². The van der Waals surface area contributed by atoms with Gasteiger partial charge in [0.25, 0.3) is 0 Å². The molecule has 0 heterocycles. The summed E-state index contributed by atoms with van der Waals surface area (Å²) >= 11 is 0. The molecule has 23 heavy (non-hydrogen) atoms. The van der Waals surface area contributed by atoms with Gasteiger partial charge in [-0.3, -0.25) is 0 Å². The molecule has 0 aliphatic rings. The molecule has 138 valence electrons. The van der Waals surface area contributed by atoms with Gasteiger partial charge in [-0.05, 0) is 12.0 Å². The molecular weight excluding hydrogens is 292 g/mol. The highest BCUT2D eigenvalue weighted by atomic mass is 28.2. The van der Waals surface area contributed by atoms with Crippen molar-refractivity contribution in [3.8, 4) is 0 Å². The molecule has 0 aromatic carbocycles. The Morgan fingerprint density at radius 3 is 1.43 bits per heavy atom. The van der Waals surface area contributed by atoms with Gasteiger partial charge in [-0.1, -0.05) is 122 Å². The van der Waals surface area contributed by atoms with Crippen molar-refractivity contribution in [1.29, 1.82) is 0 Å². The summed E-state index contributed by atoms with van der Waals surface area (Å²) in [5.74, 6) is 0. The first-order valence-corrected chi connectivity index (χ1v) is 13.2. The van der Waals surface area contributed by atoms with Crippen molar-refractivity contribution in [2.45, 2.75) is 128 Å². The molecule has 0 aromatic rings. The van der Waals surface area contributed by atoms with Crippen LogP contribution in [-0.2, 0) is 0 Å². The minimum atomic E-state index is 0.181. The van der Waals surface area contributed by atoms with Crippen LogP contribution in [0.2, 0.25) is 12.1 Å². The van der Waals surface area contributed by atoms with E-state index in [0.717, 1.165) is 5.54 Å². The molecule has 0 aliphatic heterocycles. The highest BCUT2D eigenvalue weighted by Crippen LogP contribution is 2.20. The lowest BCUT2D eigenvalue weighted by Gasteiger charge is -2.11. The Hall–Kier alpha value is -0.0431. The molecule has 0 spiro atoms. The number of unbranched alkanes of at least 4 members (excludes halogenated alkanes) is 14. The molecule has 1 heteroatoms. The highest BCUT2D eigenvalue weighted by Gasteiger charge is 2.03. The third-order valence-electron chi connectivity index (χ3n) is 5.29. The highest BCUT2D eigenvalue weighted by molar-refractivity contribution is 6.35. The van der Waals surface area contributed by atoms with Crippen LogP contribution in [0, 0.1) is 0 Å². The molecule has 1 atom stereocenters. The van der Waals surface area contributed by atoms with Gasteiger partial charge < -0.3 is 0 Å². The minimum Gasteiger partial charge on any atom is -0.103 e. The van der Waals surface area contributed by atoms with Crippen LogP contribution in [0.4, 0.5) is 0 Å². The van der Waals surface area contributed by atoms with Crippen molar-refractivity contribution < 1.29 is 0 Å². The van der Waals surface area contributed by atoms with Crippen molar-refractivity contribution in [2.24, 2.45) is 0 Å². The van der Waals surface area contributed by atoms with E-state index in [-0.39, 0.29) is 9.52 Å². The van der Waals surface area contributed by atoms with E-state index in [2.05, 4.69) is 26.1 Å². The Kier molecular flexibility index (Phi) is 20.0. The number of hydrogen-bond acceptors (Lipinski definition) is 0. The van der Waals surface area contributed by atoms with E-state index in [4.69, 9.17) is 0 Å². The molecule has 0 N–H and O–H groups in total. The molecule has 0 bridgehead atoms. The zero-order valence-electron chi connectivity index (χ0n) is 16.6. The fourth-order valence-corrected chi connectivity index (χ4v) is 4.79. The maximum absolute atomic E-state index is 3.89. The van der Waals surface area contributed by atoms with Gasteiger partial charge in [-0.15, -0.1) is 6.58 Å². The fourth-order valence-electron chi connectivity index (χ4n) is 3.53. The summed E-state index contributed by atoms with van der Waals surface area (Å²) < 4.78 is 0. The largest absolute Gasteiger partial charge is 0.103 e. The Morgan fingerprint density at radius 1 is 0.696 bits per heavy atom. The van der Waals surface area contributed by atoms with E-state index in [1.807, 2.05) is 0 Å². The molecule has 0 nitrogen and oxygen atoms in total. The van der Waals surface area contributed by atoms with Crippen molar-refractivity contribution in [3.05, 3.63) is 12.7 Å². The molecule has 0 radical (unpaired) electrons. The van der Waals surface area contributed by atoms with Crippen molar-refractivity contribution >= 4 is 9.52 Å². The van der Waals surface area contributed by atoms with Gasteiger partial charge in [-0.2, -0.15) is 0 Å². The maximum atomic E-state index is 3.89. The summed E-state index contributed by atoms with van der Waals surface area (Å²) in [4.78, 5) is 0.